The number of Topliss-reactive ketones (excluding diaryl/α,β-unsaturated/α-hetero) is 1. The number of nitrogens with zero attached hydrogens (tertiary/aromatic N) is 2. The summed E-state index contributed by atoms with van der Waals surface area (Å²) in [5.41, 5.74) is 2.99. The smallest absolute Gasteiger partial charge is 0.295 e. The molecule has 3 aromatic rings. The van der Waals surface area contributed by atoms with E-state index in [1.165, 1.54) is 4.90 Å². The SMILES string of the molecule is CCOc1ccc(C2C(=C(O)c3ccc(C)cc3)C(=O)C(=O)N2Cc2ccncc2)cc1OCC. The van der Waals surface area contributed by atoms with Crippen LogP contribution in [0.1, 0.15) is 42.1 Å². The van der Waals surface area contributed by atoms with Gasteiger partial charge in [0.15, 0.2) is 11.5 Å². The number of aliphatic hydroxyl groups excluding tert-OH is 1. The quantitative estimate of drug-likeness (QED) is 0.288. The predicted octanol–water partition coefficient (Wildman–Crippen LogP) is 4.81. The molecule has 1 N–H and O–H groups in total. The molecule has 0 radical (unpaired) electrons. The van der Waals surface area contributed by atoms with Crippen molar-refractivity contribution in [2.75, 3.05) is 13.2 Å². The number of hydrogen-bond donors (Lipinski definition) is 1. The van der Waals surface area contributed by atoms with Crippen molar-refractivity contribution in [2.24, 2.45) is 0 Å². The number of ketones is 1. The molecule has 1 aromatic heterocycles. The molecule has 0 spiro atoms. The minimum Gasteiger partial charge on any atom is -0.507 e. The average molecular weight is 473 g/mol. The van der Waals surface area contributed by atoms with Crippen LogP contribution in [0.5, 0.6) is 11.5 Å². The van der Waals surface area contributed by atoms with Crippen molar-refractivity contribution in [2.45, 2.75) is 33.4 Å². The summed E-state index contributed by atoms with van der Waals surface area (Å²) in [5.74, 6) is -0.530. The Balaban J connectivity index is 1.88. The molecule has 2 heterocycles. The molecule has 35 heavy (non-hydrogen) atoms. The van der Waals surface area contributed by atoms with Gasteiger partial charge in [0.1, 0.15) is 5.76 Å². The molecule has 1 aliphatic rings. The lowest BCUT2D eigenvalue weighted by molar-refractivity contribution is -0.140. The van der Waals surface area contributed by atoms with Gasteiger partial charge in [0.25, 0.3) is 11.7 Å². The van der Waals surface area contributed by atoms with Gasteiger partial charge in [-0.2, -0.15) is 0 Å². The zero-order valence-corrected chi connectivity index (χ0v) is 20.0. The van der Waals surface area contributed by atoms with Gasteiger partial charge in [-0.25, -0.2) is 0 Å². The minimum absolute atomic E-state index is 0.0412. The molecule has 1 saturated heterocycles. The third-order valence-corrected chi connectivity index (χ3v) is 5.85. The summed E-state index contributed by atoms with van der Waals surface area (Å²) in [6.07, 6.45) is 3.27. The zero-order chi connectivity index (χ0) is 24.9. The Morgan fingerprint density at radius 2 is 1.60 bits per heavy atom. The number of ether oxygens (including phenoxy) is 2. The molecular weight excluding hydrogens is 444 g/mol. The largest absolute Gasteiger partial charge is 0.507 e. The zero-order valence-electron chi connectivity index (χ0n) is 20.0. The molecule has 1 aliphatic heterocycles. The second-order valence-electron chi connectivity index (χ2n) is 8.22. The van der Waals surface area contributed by atoms with E-state index in [1.54, 1.807) is 54.9 Å². The van der Waals surface area contributed by atoms with Crippen molar-refractivity contribution in [1.82, 2.24) is 9.88 Å². The number of rotatable bonds is 8. The summed E-state index contributed by atoms with van der Waals surface area (Å²) in [5, 5.41) is 11.2. The van der Waals surface area contributed by atoms with Crippen LogP contribution in [0.3, 0.4) is 0 Å². The fraction of sp³-hybridized carbons (Fsp3) is 0.250. The molecule has 0 aliphatic carbocycles. The number of benzene rings is 2. The van der Waals surface area contributed by atoms with Crippen molar-refractivity contribution >= 4 is 17.4 Å². The molecule has 1 fully saturated rings. The van der Waals surface area contributed by atoms with Gasteiger partial charge in [-0.05, 0) is 56.2 Å². The van der Waals surface area contributed by atoms with E-state index < -0.39 is 17.7 Å². The maximum absolute atomic E-state index is 13.3. The van der Waals surface area contributed by atoms with Crippen LogP contribution in [-0.2, 0) is 16.1 Å². The second-order valence-corrected chi connectivity index (χ2v) is 8.22. The summed E-state index contributed by atoms with van der Waals surface area (Å²) >= 11 is 0. The maximum Gasteiger partial charge on any atom is 0.295 e. The van der Waals surface area contributed by atoms with E-state index in [-0.39, 0.29) is 17.9 Å². The number of aromatic nitrogens is 1. The second kappa shape index (κ2) is 10.4. The van der Waals surface area contributed by atoms with Gasteiger partial charge in [0.2, 0.25) is 0 Å². The van der Waals surface area contributed by atoms with Crippen molar-refractivity contribution in [3.8, 4) is 11.5 Å². The van der Waals surface area contributed by atoms with E-state index in [4.69, 9.17) is 9.47 Å². The molecule has 2 aromatic carbocycles. The fourth-order valence-corrected chi connectivity index (χ4v) is 4.18. The van der Waals surface area contributed by atoms with E-state index in [0.29, 0.717) is 35.8 Å². The first kappa shape index (κ1) is 24.0. The first-order valence-electron chi connectivity index (χ1n) is 11.6. The Morgan fingerprint density at radius 3 is 2.26 bits per heavy atom. The van der Waals surface area contributed by atoms with Crippen LogP contribution in [-0.4, -0.2) is 39.9 Å². The van der Waals surface area contributed by atoms with Crippen LogP contribution in [0.4, 0.5) is 0 Å². The number of carbonyl (C=O) groups is 2. The van der Waals surface area contributed by atoms with Crippen molar-refractivity contribution in [3.63, 3.8) is 0 Å². The Morgan fingerprint density at radius 1 is 0.943 bits per heavy atom. The van der Waals surface area contributed by atoms with Crippen LogP contribution in [0.25, 0.3) is 5.76 Å². The maximum atomic E-state index is 13.3. The first-order valence-corrected chi connectivity index (χ1v) is 11.6. The average Bonchev–Trinajstić information content (AvgIpc) is 3.11. The molecule has 7 nitrogen and oxygen atoms in total. The van der Waals surface area contributed by atoms with Gasteiger partial charge in [0, 0.05) is 24.5 Å². The van der Waals surface area contributed by atoms with E-state index in [9.17, 15) is 14.7 Å². The molecule has 1 amide bonds. The Hall–Kier alpha value is -4.13. The Labute approximate surface area is 204 Å². The highest BCUT2D eigenvalue weighted by molar-refractivity contribution is 6.46. The highest BCUT2D eigenvalue weighted by atomic mass is 16.5. The summed E-state index contributed by atoms with van der Waals surface area (Å²) in [7, 11) is 0. The summed E-state index contributed by atoms with van der Waals surface area (Å²) in [4.78, 5) is 32.0. The molecule has 1 unspecified atom stereocenters. The lowest BCUT2D eigenvalue weighted by Crippen LogP contribution is -2.29. The number of pyridine rings is 1. The minimum atomic E-state index is -0.806. The van der Waals surface area contributed by atoms with Crippen LogP contribution >= 0.6 is 0 Å². The monoisotopic (exact) mass is 472 g/mol. The van der Waals surface area contributed by atoms with Crippen LogP contribution in [0.2, 0.25) is 0 Å². The number of likely N-dealkylation sites (tertiary alicyclic amines) is 1. The first-order chi connectivity index (χ1) is 16.9. The lowest BCUT2D eigenvalue weighted by atomic mass is 9.94. The number of aliphatic hydroxyl groups is 1. The van der Waals surface area contributed by atoms with Crippen molar-refractivity contribution in [1.29, 1.82) is 0 Å². The van der Waals surface area contributed by atoms with Crippen LogP contribution in [0.15, 0.2) is 72.6 Å². The summed E-state index contributed by atoms with van der Waals surface area (Å²) < 4.78 is 11.5. The highest BCUT2D eigenvalue weighted by Gasteiger charge is 2.46. The molecule has 180 valence electrons. The third-order valence-electron chi connectivity index (χ3n) is 5.85. The van der Waals surface area contributed by atoms with Gasteiger partial charge in [-0.1, -0.05) is 35.9 Å². The topological polar surface area (TPSA) is 89.0 Å². The molecule has 0 bridgehead atoms. The number of hydrogen-bond acceptors (Lipinski definition) is 6. The summed E-state index contributed by atoms with van der Waals surface area (Å²) in [6.45, 7) is 6.76. The van der Waals surface area contributed by atoms with Gasteiger partial charge >= 0.3 is 0 Å². The van der Waals surface area contributed by atoms with Crippen molar-refractivity contribution in [3.05, 3.63) is 94.8 Å². The molecule has 7 heteroatoms. The van der Waals surface area contributed by atoms with Crippen LogP contribution < -0.4 is 9.47 Å². The fourth-order valence-electron chi connectivity index (χ4n) is 4.18. The van der Waals surface area contributed by atoms with E-state index >= 15 is 0 Å². The van der Waals surface area contributed by atoms with Gasteiger partial charge in [-0.3, -0.25) is 14.6 Å². The Bertz CT molecular complexity index is 1250. The van der Waals surface area contributed by atoms with Gasteiger partial charge in [0.05, 0.1) is 24.8 Å². The number of carbonyl (C=O) groups excluding carboxylic acids is 2. The predicted molar refractivity (Wildman–Crippen MR) is 132 cm³/mol. The van der Waals surface area contributed by atoms with E-state index in [1.807, 2.05) is 32.9 Å². The van der Waals surface area contributed by atoms with Gasteiger partial charge in [-0.15, -0.1) is 0 Å². The van der Waals surface area contributed by atoms with E-state index in [0.717, 1.165) is 11.1 Å². The number of amides is 1. The molecule has 4 rings (SSSR count). The third kappa shape index (κ3) is 4.89. The summed E-state index contributed by atoms with van der Waals surface area (Å²) in [6, 6.07) is 15.3. The van der Waals surface area contributed by atoms with E-state index in [2.05, 4.69) is 4.98 Å². The molecule has 0 saturated carbocycles. The number of aryl methyl sites for hydroxylation is 1. The highest BCUT2D eigenvalue weighted by Crippen LogP contribution is 2.42. The van der Waals surface area contributed by atoms with Crippen molar-refractivity contribution < 1.29 is 24.2 Å². The molecule has 1 atom stereocenters. The normalized spacial score (nSPS) is 17.0. The van der Waals surface area contributed by atoms with Gasteiger partial charge < -0.3 is 19.5 Å². The van der Waals surface area contributed by atoms with Crippen LogP contribution in [0, 0.1) is 6.92 Å². The standard InChI is InChI=1S/C28H28N2O5/c1-4-34-22-11-10-21(16-23(22)35-5-2)25-24(26(31)20-8-6-18(3)7-9-20)27(32)28(33)30(25)17-19-12-14-29-15-13-19/h6-16,25,31H,4-5,17H2,1-3H3. The Kier molecular flexibility index (Phi) is 7.15. The lowest BCUT2D eigenvalue weighted by Gasteiger charge is -2.26. The molecular formula is C28H28N2O5.